The van der Waals surface area contributed by atoms with Gasteiger partial charge in [-0.15, -0.1) is 0 Å². The van der Waals surface area contributed by atoms with Gasteiger partial charge in [0, 0.05) is 54.4 Å². The Morgan fingerprint density at radius 3 is 2.56 bits per heavy atom. The Bertz CT molecular complexity index is 984. The fourth-order valence-electron chi connectivity index (χ4n) is 3.66. The topological polar surface area (TPSA) is 56.4 Å². The molecule has 1 aliphatic heterocycles. The van der Waals surface area contributed by atoms with Crippen LogP contribution in [0.1, 0.15) is 26.3 Å². The molecule has 1 fully saturated rings. The maximum Gasteiger partial charge on any atom is 0.253 e. The van der Waals surface area contributed by atoms with E-state index in [0.29, 0.717) is 32.7 Å². The molecule has 1 N–H and O–H groups in total. The number of nitrogens with one attached hydrogen (secondary N) is 1. The number of para-hydroxylation sites is 1. The summed E-state index contributed by atoms with van der Waals surface area (Å²) in [7, 11) is 0. The van der Waals surface area contributed by atoms with Crippen LogP contribution in [0.5, 0.6) is 0 Å². The minimum Gasteiger partial charge on any atom is -0.360 e. The number of H-pyrrole nitrogens is 1. The predicted molar refractivity (Wildman–Crippen MR) is 106 cm³/mol. The summed E-state index contributed by atoms with van der Waals surface area (Å²) < 4.78 is 0. The summed E-state index contributed by atoms with van der Waals surface area (Å²) in [6.07, 6.45) is 1.80. The average Bonchev–Trinajstić information content (AvgIpc) is 3.12. The van der Waals surface area contributed by atoms with Gasteiger partial charge in [0.05, 0.1) is 6.54 Å². The van der Waals surface area contributed by atoms with Crippen LogP contribution in [0.4, 0.5) is 0 Å². The van der Waals surface area contributed by atoms with Crippen molar-refractivity contribution >= 4 is 22.6 Å². The number of aromatic nitrogens is 1. The van der Waals surface area contributed by atoms with Crippen LogP contribution in [0.15, 0.2) is 54.7 Å². The molecule has 0 unspecified atom stereocenters. The van der Waals surface area contributed by atoms with Crippen molar-refractivity contribution in [3.8, 4) is 0 Å². The van der Waals surface area contributed by atoms with Gasteiger partial charge in [0.15, 0.2) is 5.78 Å². The molecule has 0 atom stereocenters. The van der Waals surface area contributed by atoms with Crippen molar-refractivity contribution in [3.63, 3.8) is 0 Å². The Labute approximate surface area is 158 Å². The van der Waals surface area contributed by atoms with Gasteiger partial charge in [-0.25, -0.2) is 0 Å². The number of aromatic amines is 1. The molecule has 1 amide bonds. The normalized spacial score (nSPS) is 15.2. The van der Waals surface area contributed by atoms with Gasteiger partial charge >= 0.3 is 0 Å². The van der Waals surface area contributed by atoms with E-state index in [0.717, 1.165) is 27.6 Å². The number of carbonyl (C=O) groups excluding carboxylic acids is 2. The number of nitrogens with zero attached hydrogens (tertiary/aromatic N) is 2. The second kappa shape index (κ2) is 7.37. The summed E-state index contributed by atoms with van der Waals surface area (Å²) in [6, 6.07) is 15.5. The highest BCUT2D eigenvalue weighted by Gasteiger charge is 2.24. The first kappa shape index (κ1) is 17.5. The van der Waals surface area contributed by atoms with Crippen molar-refractivity contribution in [1.29, 1.82) is 0 Å². The smallest absolute Gasteiger partial charge is 0.253 e. The third-order valence-corrected chi connectivity index (χ3v) is 5.18. The molecule has 1 saturated heterocycles. The SMILES string of the molecule is Cc1cccc(C(=O)N2CCN(CC(=O)c3c[nH]c4ccccc34)CC2)c1. The van der Waals surface area contributed by atoms with Crippen molar-refractivity contribution in [2.24, 2.45) is 0 Å². The fourth-order valence-corrected chi connectivity index (χ4v) is 3.66. The van der Waals surface area contributed by atoms with Crippen molar-refractivity contribution in [3.05, 3.63) is 71.4 Å². The van der Waals surface area contributed by atoms with Gasteiger partial charge in [-0.2, -0.15) is 0 Å². The zero-order valence-corrected chi connectivity index (χ0v) is 15.4. The van der Waals surface area contributed by atoms with Gasteiger partial charge in [0.1, 0.15) is 0 Å². The average molecular weight is 361 g/mol. The lowest BCUT2D eigenvalue weighted by Crippen LogP contribution is -2.49. The number of benzene rings is 2. The zero-order valence-electron chi connectivity index (χ0n) is 15.4. The van der Waals surface area contributed by atoms with Gasteiger partial charge in [0.25, 0.3) is 5.91 Å². The summed E-state index contributed by atoms with van der Waals surface area (Å²) in [5.74, 6) is 0.187. The summed E-state index contributed by atoms with van der Waals surface area (Å²) in [6.45, 7) is 5.10. The van der Waals surface area contributed by atoms with Crippen molar-refractivity contribution < 1.29 is 9.59 Å². The van der Waals surface area contributed by atoms with Crippen LogP contribution in [-0.4, -0.2) is 59.2 Å². The molecule has 1 aliphatic rings. The third-order valence-electron chi connectivity index (χ3n) is 5.18. The van der Waals surface area contributed by atoms with E-state index in [1.807, 2.05) is 60.4 Å². The van der Waals surface area contributed by atoms with E-state index in [-0.39, 0.29) is 11.7 Å². The van der Waals surface area contributed by atoms with Crippen LogP contribution in [0, 0.1) is 6.92 Å². The van der Waals surface area contributed by atoms with E-state index >= 15 is 0 Å². The Morgan fingerprint density at radius 1 is 1.00 bits per heavy atom. The highest BCUT2D eigenvalue weighted by molar-refractivity contribution is 6.08. The Morgan fingerprint density at radius 2 is 1.78 bits per heavy atom. The Kier molecular flexibility index (Phi) is 4.77. The lowest BCUT2D eigenvalue weighted by molar-refractivity contribution is 0.0624. The molecule has 5 heteroatoms. The minimum absolute atomic E-state index is 0.0707. The van der Waals surface area contributed by atoms with Gasteiger partial charge in [-0.3, -0.25) is 14.5 Å². The van der Waals surface area contributed by atoms with Crippen LogP contribution < -0.4 is 0 Å². The molecular weight excluding hydrogens is 338 g/mol. The quantitative estimate of drug-likeness (QED) is 0.727. The highest BCUT2D eigenvalue weighted by atomic mass is 16.2. The summed E-state index contributed by atoms with van der Waals surface area (Å²) >= 11 is 0. The van der Waals surface area contributed by atoms with Crippen molar-refractivity contribution in [2.45, 2.75) is 6.92 Å². The van der Waals surface area contributed by atoms with E-state index in [2.05, 4.69) is 9.88 Å². The molecule has 0 spiro atoms. The Balaban J connectivity index is 1.37. The van der Waals surface area contributed by atoms with Crippen LogP contribution >= 0.6 is 0 Å². The first-order valence-electron chi connectivity index (χ1n) is 9.29. The number of piperazine rings is 1. The number of amides is 1. The number of hydrogen-bond acceptors (Lipinski definition) is 3. The molecule has 27 heavy (non-hydrogen) atoms. The van der Waals surface area contributed by atoms with Gasteiger partial charge in [-0.05, 0) is 25.1 Å². The number of rotatable bonds is 4. The molecule has 0 aliphatic carbocycles. The number of hydrogen-bond donors (Lipinski definition) is 1. The summed E-state index contributed by atoms with van der Waals surface area (Å²) in [4.78, 5) is 32.5. The molecule has 2 aromatic carbocycles. The molecule has 138 valence electrons. The Hall–Kier alpha value is -2.92. The molecule has 0 bridgehead atoms. The molecule has 4 rings (SSSR count). The maximum absolute atomic E-state index is 12.7. The number of ketones is 1. The van der Waals surface area contributed by atoms with E-state index in [1.54, 1.807) is 6.20 Å². The summed E-state index contributed by atoms with van der Waals surface area (Å²) in [5, 5.41) is 0.968. The monoisotopic (exact) mass is 361 g/mol. The standard InChI is InChI=1S/C22H23N3O2/c1-16-5-4-6-17(13-16)22(27)25-11-9-24(10-12-25)15-21(26)19-14-23-20-8-3-2-7-18(19)20/h2-8,13-14,23H,9-12,15H2,1H3. The van der Waals surface area contributed by atoms with E-state index in [9.17, 15) is 9.59 Å². The van der Waals surface area contributed by atoms with Gasteiger partial charge in [0.2, 0.25) is 0 Å². The molecule has 0 radical (unpaired) electrons. The highest BCUT2D eigenvalue weighted by Crippen LogP contribution is 2.19. The number of fused-ring (bicyclic) bond motifs is 1. The largest absolute Gasteiger partial charge is 0.360 e. The van der Waals surface area contributed by atoms with Crippen LogP contribution in [-0.2, 0) is 0 Å². The van der Waals surface area contributed by atoms with E-state index in [4.69, 9.17) is 0 Å². The number of aryl methyl sites for hydroxylation is 1. The van der Waals surface area contributed by atoms with Gasteiger partial charge in [-0.1, -0.05) is 35.9 Å². The summed E-state index contributed by atoms with van der Waals surface area (Å²) in [5.41, 5.74) is 3.54. The van der Waals surface area contributed by atoms with E-state index < -0.39 is 0 Å². The molecule has 1 aromatic heterocycles. The van der Waals surface area contributed by atoms with Crippen molar-refractivity contribution in [1.82, 2.24) is 14.8 Å². The first-order valence-corrected chi connectivity index (χ1v) is 9.29. The first-order chi connectivity index (χ1) is 13.1. The maximum atomic E-state index is 12.7. The molecule has 5 nitrogen and oxygen atoms in total. The van der Waals surface area contributed by atoms with Crippen LogP contribution in [0.2, 0.25) is 0 Å². The number of Topliss-reactive ketones (excluding diaryl/α,β-unsaturated/α-hetero) is 1. The van der Waals surface area contributed by atoms with Gasteiger partial charge < -0.3 is 9.88 Å². The lowest BCUT2D eigenvalue weighted by atomic mass is 10.1. The number of carbonyl (C=O) groups is 2. The molecule has 0 saturated carbocycles. The fraction of sp³-hybridized carbons (Fsp3) is 0.273. The molecule has 3 aromatic rings. The zero-order chi connectivity index (χ0) is 18.8. The van der Waals surface area contributed by atoms with Crippen LogP contribution in [0.3, 0.4) is 0 Å². The van der Waals surface area contributed by atoms with E-state index in [1.165, 1.54) is 0 Å². The minimum atomic E-state index is 0.0707. The third kappa shape index (κ3) is 3.64. The second-order valence-corrected chi connectivity index (χ2v) is 7.11. The van der Waals surface area contributed by atoms with Crippen LogP contribution in [0.25, 0.3) is 10.9 Å². The van der Waals surface area contributed by atoms with Crippen molar-refractivity contribution in [2.75, 3.05) is 32.7 Å². The molecular formula is C22H23N3O2. The second-order valence-electron chi connectivity index (χ2n) is 7.11. The lowest BCUT2D eigenvalue weighted by Gasteiger charge is -2.34. The predicted octanol–water partition coefficient (Wildman–Crippen LogP) is 3.12. The molecule has 2 heterocycles.